The number of fused-ring (bicyclic) bond motifs is 1. The van der Waals surface area contributed by atoms with Gasteiger partial charge in [-0.25, -0.2) is 4.98 Å². The first-order valence-electron chi connectivity index (χ1n) is 8.63. The van der Waals surface area contributed by atoms with Crippen molar-refractivity contribution in [2.24, 2.45) is 0 Å². The Morgan fingerprint density at radius 2 is 1.65 bits per heavy atom. The van der Waals surface area contributed by atoms with E-state index < -0.39 is 0 Å². The van der Waals surface area contributed by atoms with Gasteiger partial charge in [-0.05, 0) is 35.2 Å². The fourth-order valence-electron chi connectivity index (χ4n) is 3.00. The summed E-state index contributed by atoms with van der Waals surface area (Å²) in [6.45, 7) is 6.65. The number of rotatable bonds is 2. The maximum Gasteiger partial charge on any atom is 0.138 e. The highest BCUT2D eigenvalue weighted by Gasteiger charge is 2.15. The fourth-order valence-corrected chi connectivity index (χ4v) is 3.23. The van der Waals surface area contributed by atoms with Crippen LogP contribution in [0.25, 0.3) is 33.7 Å². The molecule has 0 atom stereocenters. The van der Waals surface area contributed by atoms with Crippen molar-refractivity contribution in [3.05, 3.63) is 71.4 Å². The molecule has 4 heteroatoms. The van der Waals surface area contributed by atoms with Crippen LogP contribution in [0.5, 0.6) is 0 Å². The Hall–Kier alpha value is -2.65. The Labute approximate surface area is 158 Å². The van der Waals surface area contributed by atoms with E-state index in [0.29, 0.717) is 5.02 Å². The van der Waals surface area contributed by atoms with Crippen LogP contribution in [-0.4, -0.2) is 15.0 Å². The standard InChI is InChI=1S/C22H20ClN3/c1-22(2,3)16-10-11-18-19(13-16)26-21(25-18)15-8-6-14(7-9-15)20-17(23)5-4-12-24-20/h4-13H,1-3H3,(H,25,26). The maximum atomic E-state index is 6.24. The molecule has 26 heavy (non-hydrogen) atoms. The summed E-state index contributed by atoms with van der Waals surface area (Å²) in [6, 6.07) is 18.2. The molecule has 130 valence electrons. The van der Waals surface area contributed by atoms with Gasteiger partial charge in [0.15, 0.2) is 0 Å². The predicted molar refractivity (Wildman–Crippen MR) is 108 cm³/mol. The molecule has 0 saturated carbocycles. The van der Waals surface area contributed by atoms with Crippen molar-refractivity contribution in [3.8, 4) is 22.6 Å². The third kappa shape index (κ3) is 3.11. The molecule has 0 aliphatic heterocycles. The number of pyridine rings is 1. The summed E-state index contributed by atoms with van der Waals surface area (Å²) in [5, 5.41) is 0.652. The van der Waals surface area contributed by atoms with E-state index in [4.69, 9.17) is 16.6 Å². The third-order valence-electron chi connectivity index (χ3n) is 4.54. The minimum atomic E-state index is 0.114. The number of aromatic nitrogens is 3. The molecular formula is C22H20ClN3. The van der Waals surface area contributed by atoms with Crippen LogP contribution in [0, 0.1) is 0 Å². The molecule has 0 aliphatic rings. The number of hydrogen-bond acceptors (Lipinski definition) is 2. The number of benzene rings is 2. The number of hydrogen-bond donors (Lipinski definition) is 1. The molecule has 2 aromatic heterocycles. The molecule has 3 nitrogen and oxygen atoms in total. The van der Waals surface area contributed by atoms with Crippen LogP contribution in [0.2, 0.25) is 5.02 Å². The van der Waals surface area contributed by atoms with E-state index in [2.05, 4.69) is 48.9 Å². The first-order valence-corrected chi connectivity index (χ1v) is 9.01. The Bertz CT molecular complexity index is 1070. The summed E-state index contributed by atoms with van der Waals surface area (Å²) in [6.07, 6.45) is 1.75. The van der Waals surface area contributed by atoms with Gasteiger partial charge in [-0.2, -0.15) is 0 Å². The van der Waals surface area contributed by atoms with Crippen LogP contribution in [0.3, 0.4) is 0 Å². The highest BCUT2D eigenvalue weighted by atomic mass is 35.5. The van der Waals surface area contributed by atoms with Crippen molar-refractivity contribution in [2.75, 3.05) is 0 Å². The molecule has 0 fully saturated rings. The van der Waals surface area contributed by atoms with E-state index in [-0.39, 0.29) is 5.41 Å². The Balaban J connectivity index is 1.70. The smallest absolute Gasteiger partial charge is 0.138 e. The SMILES string of the molecule is CC(C)(C)c1ccc2nc(-c3ccc(-c4ncccc4Cl)cc3)[nH]c2c1. The second-order valence-corrected chi connectivity index (χ2v) is 7.89. The summed E-state index contributed by atoms with van der Waals surface area (Å²) in [5.74, 6) is 0.865. The molecule has 0 bridgehead atoms. The second kappa shape index (κ2) is 6.26. The van der Waals surface area contributed by atoms with Crippen molar-refractivity contribution in [1.82, 2.24) is 15.0 Å². The van der Waals surface area contributed by atoms with Gasteiger partial charge < -0.3 is 4.98 Å². The molecular weight excluding hydrogens is 342 g/mol. The van der Waals surface area contributed by atoms with Crippen LogP contribution in [-0.2, 0) is 5.41 Å². The minimum Gasteiger partial charge on any atom is -0.338 e. The number of halogens is 1. The van der Waals surface area contributed by atoms with E-state index in [0.717, 1.165) is 33.7 Å². The number of nitrogens with one attached hydrogen (secondary N) is 1. The van der Waals surface area contributed by atoms with E-state index in [1.165, 1.54) is 5.56 Å². The van der Waals surface area contributed by atoms with Gasteiger partial charge in [0.2, 0.25) is 0 Å². The lowest BCUT2D eigenvalue weighted by Crippen LogP contribution is -2.10. The van der Waals surface area contributed by atoms with Gasteiger partial charge in [-0.3, -0.25) is 4.98 Å². The molecule has 0 amide bonds. The van der Waals surface area contributed by atoms with Crippen molar-refractivity contribution >= 4 is 22.6 Å². The highest BCUT2D eigenvalue weighted by Crippen LogP contribution is 2.29. The zero-order valence-electron chi connectivity index (χ0n) is 15.0. The van der Waals surface area contributed by atoms with Gasteiger partial charge in [0, 0.05) is 17.3 Å². The molecule has 0 radical (unpaired) electrons. The number of H-pyrrole nitrogens is 1. The van der Waals surface area contributed by atoms with Crippen LogP contribution in [0.15, 0.2) is 60.8 Å². The van der Waals surface area contributed by atoms with Gasteiger partial charge in [-0.15, -0.1) is 0 Å². The van der Waals surface area contributed by atoms with E-state index >= 15 is 0 Å². The first kappa shape index (κ1) is 16.8. The van der Waals surface area contributed by atoms with Gasteiger partial charge in [0.25, 0.3) is 0 Å². The molecule has 0 saturated heterocycles. The normalized spacial score (nSPS) is 11.8. The van der Waals surface area contributed by atoms with Gasteiger partial charge in [0.05, 0.1) is 21.7 Å². The summed E-state index contributed by atoms with van der Waals surface area (Å²) in [5.41, 5.74) is 6.26. The highest BCUT2D eigenvalue weighted by molar-refractivity contribution is 6.33. The van der Waals surface area contributed by atoms with E-state index in [9.17, 15) is 0 Å². The summed E-state index contributed by atoms with van der Waals surface area (Å²) < 4.78 is 0. The van der Waals surface area contributed by atoms with Gasteiger partial charge >= 0.3 is 0 Å². The molecule has 4 aromatic rings. The van der Waals surface area contributed by atoms with Crippen LogP contribution >= 0.6 is 11.6 Å². The molecule has 2 aromatic carbocycles. The average molecular weight is 362 g/mol. The molecule has 2 heterocycles. The Kier molecular flexibility index (Phi) is 4.04. The zero-order chi connectivity index (χ0) is 18.3. The number of aromatic amines is 1. The second-order valence-electron chi connectivity index (χ2n) is 7.48. The summed E-state index contributed by atoms with van der Waals surface area (Å²) >= 11 is 6.24. The predicted octanol–water partition coefficient (Wildman–Crippen LogP) is 6.24. The van der Waals surface area contributed by atoms with Crippen molar-refractivity contribution in [3.63, 3.8) is 0 Å². The lowest BCUT2D eigenvalue weighted by molar-refractivity contribution is 0.591. The molecule has 4 rings (SSSR count). The largest absolute Gasteiger partial charge is 0.338 e. The maximum absolute atomic E-state index is 6.24. The van der Waals surface area contributed by atoms with Gasteiger partial charge in [0.1, 0.15) is 5.82 Å². The van der Waals surface area contributed by atoms with Crippen LogP contribution < -0.4 is 0 Å². The molecule has 0 aliphatic carbocycles. The molecule has 0 spiro atoms. The summed E-state index contributed by atoms with van der Waals surface area (Å²) in [4.78, 5) is 12.5. The molecule has 0 unspecified atom stereocenters. The Morgan fingerprint density at radius 1 is 0.923 bits per heavy atom. The number of imidazole rings is 1. The quantitative estimate of drug-likeness (QED) is 0.459. The van der Waals surface area contributed by atoms with Crippen LogP contribution in [0.1, 0.15) is 26.3 Å². The van der Waals surface area contributed by atoms with Gasteiger partial charge in [-0.1, -0.05) is 62.7 Å². The van der Waals surface area contributed by atoms with Crippen molar-refractivity contribution in [1.29, 1.82) is 0 Å². The number of nitrogens with zero attached hydrogens (tertiary/aromatic N) is 2. The van der Waals surface area contributed by atoms with Crippen LogP contribution in [0.4, 0.5) is 0 Å². The summed E-state index contributed by atoms with van der Waals surface area (Å²) in [7, 11) is 0. The average Bonchev–Trinajstić information content (AvgIpc) is 3.05. The lowest BCUT2D eigenvalue weighted by atomic mass is 9.87. The van der Waals surface area contributed by atoms with Crippen molar-refractivity contribution in [2.45, 2.75) is 26.2 Å². The third-order valence-corrected chi connectivity index (χ3v) is 4.84. The Morgan fingerprint density at radius 3 is 2.35 bits per heavy atom. The van der Waals surface area contributed by atoms with E-state index in [1.54, 1.807) is 6.20 Å². The van der Waals surface area contributed by atoms with Crippen molar-refractivity contribution < 1.29 is 0 Å². The minimum absolute atomic E-state index is 0.114. The monoisotopic (exact) mass is 361 g/mol. The lowest BCUT2D eigenvalue weighted by Gasteiger charge is -2.18. The van der Waals surface area contributed by atoms with E-state index in [1.807, 2.05) is 36.4 Å². The first-order chi connectivity index (χ1) is 12.4. The molecule has 1 N–H and O–H groups in total. The zero-order valence-corrected chi connectivity index (χ0v) is 15.8. The topological polar surface area (TPSA) is 41.6 Å². The fraction of sp³-hybridized carbons (Fsp3) is 0.182.